The SMILES string of the molecule is CC(C)(C)c1ccc(CCl)c(=O)n1C1CCCCC1. The molecule has 1 aromatic heterocycles. The predicted octanol–water partition coefficient (Wildman–Crippen LogP) is 4.39. The highest BCUT2D eigenvalue weighted by Crippen LogP contribution is 2.31. The summed E-state index contributed by atoms with van der Waals surface area (Å²) in [4.78, 5) is 12.6. The van der Waals surface area contributed by atoms with Crippen molar-refractivity contribution in [1.82, 2.24) is 4.57 Å². The number of halogens is 1. The van der Waals surface area contributed by atoms with Gasteiger partial charge < -0.3 is 4.57 Å². The minimum absolute atomic E-state index is 0.0125. The molecule has 2 rings (SSSR count). The molecule has 2 nitrogen and oxygen atoms in total. The first-order chi connectivity index (χ1) is 8.95. The van der Waals surface area contributed by atoms with Crippen LogP contribution in [0.3, 0.4) is 0 Å². The number of hydrogen-bond acceptors (Lipinski definition) is 1. The molecular formula is C16H24ClNO. The number of rotatable bonds is 2. The minimum Gasteiger partial charge on any atom is -0.309 e. The van der Waals surface area contributed by atoms with E-state index in [0.29, 0.717) is 11.9 Å². The molecule has 19 heavy (non-hydrogen) atoms. The molecule has 3 heteroatoms. The summed E-state index contributed by atoms with van der Waals surface area (Å²) in [5.41, 5.74) is 1.97. The zero-order valence-corrected chi connectivity index (χ0v) is 13.0. The number of alkyl halides is 1. The summed E-state index contributed by atoms with van der Waals surface area (Å²) in [7, 11) is 0. The van der Waals surface area contributed by atoms with Crippen molar-refractivity contribution in [2.45, 2.75) is 70.2 Å². The van der Waals surface area contributed by atoms with E-state index in [2.05, 4.69) is 26.8 Å². The third-order valence-electron chi connectivity index (χ3n) is 4.05. The van der Waals surface area contributed by atoms with Gasteiger partial charge in [0.05, 0.1) is 5.88 Å². The lowest BCUT2D eigenvalue weighted by atomic mass is 9.88. The number of aromatic nitrogens is 1. The van der Waals surface area contributed by atoms with Crippen LogP contribution in [0.15, 0.2) is 16.9 Å². The van der Waals surface area contributed by atoms with Gasteiger partial charge in [0.1, 0.15) is 0 Å². The molecule has 0 N–H and O–H groups in total. The average molecular weight is 282 g/mol. The van der Waals surface area contributed by atoms with Crippen molar-refractivity contribution >= 4 is 11.6 Å². The van der Waals surface area contributed by atoms with Gasteiger partial charge in [0, 0.05) is 22.7 Å². The topological polar surface area (TPSA) is 22.0 Å². The van der Waals surface area contributed by atoms with Crippen LogP contribution in [0.5, 0.6) is 0 Å². The molecule has 1 fully saturated rings. The van der Waals surface area contributed by atoms with Crippen LogP contribution in [0.25, 0.3) is 0 Å². The number of nitrogens with zero attached hydrogens (tertiary/aromatic N) is 1. The first kappa shape index (κ1) is 14.6. The summed E-state index contributed by atoms with van der Waals surface area (Å²) in [6, 6.07) is 4.35. The summed E-state index contributed by atoms with van der Waals surface area (Å²) < 4.78 is 2.04. The van der Waals surface area contributed by atoms with E-state index in [-0.39, 0.29) is 11.0 Å². The van der Waals surface area contributed by atoms with Crippen LogP contribution in [0.4, 0.5) is 0 Å². The molecule has 0 unspecified atom stereocenters. The molecule has 0 aliphatic heterocycles. The summed E-state index contributed by atoms with van der Waals surface area (Å²) in [5.74, 6) is 0.302. The third kappa shape index (κ3) is 3.05. The molecule has 0 saturated heterocycles. The largest absolute Gasteiger partial charge is 0.309 e. The highest BCUT2D eigenvalue weighted by molar-refractivity contribution is 6.17. The second-order valence-electron chi connectivity index (χ2n) is 6.59. The van der Waals surface area contributed by atoms with Crippen molar-refractivity contribution < 1.29 is 0 Å². The summed E-state index contributed by atoms with van der Waals surface area (Å²) >= 11 is 5.90. The Balaban J connectivity index is 2.56. The third-order valence-corrected chi connectivity index (χ3v) is 4.34. The van der Waals surface area contributed by atoms with E-state index in [4.69, 9.17) is 11.6 Å². The molecule has 0 aromatic carbocycles. The van der Waals surface area contributed by atoms with Gasteiger partial charge in [-0.1, -0.05) is 46.1 Å². The van der Waals surface area contributed by atoms with Crippen molar-refractivity contribution in [3.63, 3.8) is 0 Å². The van der Waals surface area contributed by atoms with Gasteiger partial charge in [-0.2, -0.15) is 0 Å². The summed E-state index contributed by atoms with van der Waals surface area (Å²) in [6.45, 7) is 6.50. The number of pyridine rings is 1. The van der Waals surface area contributed by atoms with Crippen molar-refractivity contribution in [2.75, 3.05) is 0 Å². The Bertz CT molecular complexity index is 492. The molecule has 1 aromatic rings. The molecule has 0 radical (unpaired) electrons. The van der Waals surface area contributed by atoms with Gasteiger partial charge in [-0.05, 0) is 18.9 Å². The van der Waals surface area contributed by atoms with E-state index in [9.17, 15) is 4.79 Å². The smallest absolute Gasteiger partial charge is 0.255 e. The van der Waals surface area contributed by atoms with Gasteiger partial charge in [0.15, 0.2) is 0 Å². The Kier molecular flexibility index (Phi) is 4.39. The van der Waals surface area contributed by atoms with E-state index >= 15 is 0 Å². The zero-order valence-electron chi connectivity index (χ0n) is 12.2. The Labute approximate surface area is 120 Å². The van der Waals surface area contributed by atoms with Crippen LogP contribution in [-0.2, 0) is 11.3 Å². The Morgan fingerprint density at radius 2 is 1.84 bits per heavy atom. The summed E-state index contributed by atoms with van der Waals surface area (Å²) in [5, 5.41) is 0. The van der Waals surface area contributed by atoms with Crippen LogP contribution in [-0.4, -0.2) is 4.57 Å². The van der Waals surface area contributed by atoms with Crippen LogP contribution in [0, 0.1) is 0 Å². The molecule has 0 atom stereocenters. The Morgan fingerprint density at radius 1 is 1.21 bits per heavy atom. The predicted molar refractivity (Wildman–Crippen MR) is 81.1 cm³/mol. The molecular weight excluding hydrogens is 258 g/mol. The van der Waals surface area contributed by atoms with E-state index in [1.165, 1.54) is 19.3 Å². The van der Waals surface area contributed by atoms with Crippen LogP contribution in [0.1, 0.15) is 70.2 Å². The lowest BCUT2D eigenvalue weighted by molar-refractivity contribution is 0.324. The fraction of sp³-hybridized carbons (Fsp3) is 0.688. The van der Waals surface area contributed by atoms with E-state index in [0.717, 1.165) is 24.1 Å². The molecule has 0 bridgehead atoms. The van der Waals surface area contributed by atoms with E-state index in [1.54, 1.807) is 0 Å². The first-order valence-corrected chi connectivity index (χ1v) is 7.79. The zero-order chi connectivity index (χ0) is 14.0. The van der Waals surface area contributed by atoms with Crippen molar-refractivity contribution in [2.24, 2.45) is 0 Å². The normalized spacial score (nSPS) is 17.7. The monoisotopic (exact) mass is 281 g/mol. The highest BCUT2D eigenvalue weighted by Gasteiger charge is 2.25. The second kappa shape index (κ2) is 5.70. The molecule has 1 aliphatic carbocycles. The fourth-order valence-electron chi connectivity index (χ4n) is 3.01. The van der Waals surface area contributed by atoms with Gasteiger partial charge in [-0.15, -0.1) is 11.6 Å². The van der Waals surface area contributed by atoms with E-state index < -0.39 is 0 Å². The lowest BCUT2D eigenvalue weighted by Crippen LogP contribution is -2.35. The van der Waals surface area contributed by atoms with Crippen LogP contribution < -0.4 is 5.56 Å². The number of hydrogen-bond donors (Lipinski definition) is 0. The lowest BCUT2D eigenvalue weighted by Gasteiger charge is -2.32. The maximum atomic E-state index is 12.6. The first-order valence-electron chi connectivity index (χ1n) is 7.26. The van der Waals surface area contributed by atoms with Gasteiger partial charge >= 0.3 is 0 Å². The molecule has 0 amide bonds. The molecule has 0 spiro atoms. The molecule has 1 saturated carbocycles. The van der Waals surface area contributed by atoms with Crippen LogP contribution in [0.2, 0.25) is 0 Å². The standard InChI is InChI=1S/C16H24ClNO/c1-16(2,3)14-10-9-12(11-17)15(19)18(14)13-7-5-4-6-8-13/h9-10,13H,4-8,11H2,1-3H3. The van der Waals surface area contributed by atoms with Crippen molar-refractivity contribution in [3.8, 4) is 0 Å². The summed E-state index contributed by atoms with van der Waals surface area (Å²) in [6.07, 6.45) is 5.99. The van der Waals surface area contributed by atoms with Crippen molar-refractivity contribution in [3.05, 3.63) is 33.7 Å². The van der Waals surface area contributed by atoms with Gasteiger partial charge in [-0.3, -0.25) is 4.79 Å². The van der Waals surface area contributed by atoms with Gasteiger partial charge in [-0.25, -0.2) is 0 Å². The van der Waals surface area contributed by atoms with Crippen molar-refractivity contribution in [1.29, 1.82) is 0 Å². The maximum absolute atomic E-state index is 12.6. The minimum atomic E-state index is -0.0125. The Hall–Kier alpha value is -0.760. The van der Waals surface area contributed by atoms with Gasteiger partial charge in [0.25, 0.3) is 5.56 Å². The quantitative estimate of drug-likeness (QED) is 0.737. The fourth-order valence-corrected chi connectivity index (χ4v) is 3.21. The Morgan fingerprint density at radius 3 is 2.37 bits per heavy atom. The van der Waals surface area contributed by atoms with Gasteiger partial charge in [0.2, 0.25) is 0 Å². The average Bonchev–Trinajstić information content (AvgIpc) is 2.38. The highest BCUT2D eigenvalue weighted by atomic mass is 35.5. The molecule has 1 heterocycles. The molecule has 1 aliphatic rings. The maximum Gasteiger partial charge on any atom is 0.255 e. The second-order valence-corrected chi connectivity index (χ2v) is 6.86. The van der Waals surface area contributed by atoms with E-state index in [1.807, 2.05) is 10.6 Å². The molecule has 106 valence electrons. The van der Waals surface area contributed by atoms with Crippen LogP contribution >= 0.6 is 11.6 Å².